The lowest BCUT2D eigenvalue weighted by Gasteiger charge is -2.38. The fourth-order valence-electron chi connectivity index (χ4n) is 3.12. The standard InChI is InChI=1S/C15H17N3O/c1-11-10-19-14-13(11)4-5-16-15(14)18-8-7-17-6-2-3-12(17)9-18/h2,4-6,10,12H,3,7-9H2,1H3. The monoisotopic (exact) mass is 255 g/mol. The van der Waals surface area contributed by atoms with Gasteiger partial charge in [0.1, 0.15) is 0 Å². The molecule has 4 heteroatoms. The highest BCUT2D eigenvalue weighted by atomic mass is 16.3. The predicted octanol–water partition coefficient (Wildman–Crippen LogP) is 2.54. The molecule has 1 fully saturated rings. The van der Waals surface area contributed by atoms with Crippen molar-refractivity contribution in [1.82, 2.24) is 9.88 Å². The van der Waals surface area contributed by atoms with E-state index in [0.29, 0.717) is 6.04 Å². The van der Waals surface area contributed by atoms with Crippen molar-refractivity contribution in [2.75, 3.05) is 24.5 Å². The molecule has 0 saturated carbocycles. The van der Waals surface area contributed by atoms with E-state index in [1.165, 1.54) is 10.9 Å². The molecule has 1 atom stereocenters. The normalized spacial score (nSPS) is 22.3. The minimum atomic E-state index is 0.599. The number of nitrogens with zero attached hydrogens (tertiary/aromatic N) is 3. The van der Waals surface area contributed by atoms with Crippen molar-refractivity contribution < 1.29 is 4.42 Å². The van der Waals surface area contributed by atoms with Gasteiger partial charge < -0.3 is 14.2 Å². The summed E-state index contributed by atoms with van der Waals surface area (Å²) < 4.78 is 5.71. The molecule has 1 saturated heterocycles. The summed E-state index contributed by atoms with van der Waals surface area (Å²) in [4.78, 5) is 9.35. The first-order chi connectivity index (χ1) is 9.33. The first kappa shape index (κ1) is 10.9. The highest BCUT2D eigenvalue weighted by Gasteiger charge is 2.28. The molecular weight excluding hydrogens is 238 g/mol. The number of hydrogen-bond acceptors (Lipinski definition) is 4. The molecule has 19 heavy (non-hydrogen) atoms. The zero-order valence-corrected chi connectivity index (χ0v) is 11.0. The van der Waals surface area contributed by atoms with Gasteiger partial charge in [0, 0.05) is 37.3 Å². The summed E-state index contributed by atoms with van der Waals surface area (Å²) in [6, 6.07) is 2.63. The number of piperazine rings is 1. The van der Waals surface area contributed by atoms with Crippen molar-refractivity contribution in [2.24, 2.45) is 0 Å². The highest BCUT2D eigenvalue weighted by molar-refractivity contribution is 5.89. The Morgan fingerprint density at radius 3 is 3.26 bits per heavy atom. The van der Waals surface area contributed by atoms with Crippen LogP contribution in [-0.4, -0.2) is 35.6 Å². The molecule has 2 aliphatic rings. The minimum absolute atomic E-state index is 0.599. The van der Waals surface area contributed by atoms with E-state index in [4.69, 9.17) is 4.42 Å². The number of aryl methyl sites for hydroxylation is 1. The van der Waals surface area contributed by atoms with E-state index in [1.54, 1.807) is 0 Å². The van der Waals surface area contributed by atoms with Gasteiger partial charge in [0.25, 0.3) is 0 Å². The Morgan fingerprint density at radius 2 is 2.32 bits per heavy atom. The molecule has 2 aromatic heterocycles. The zero-order valence-electron chi connectivity index (χ0n) is 11.0. The summed E-state index contributed by atoms with van der Waals surface area (Å²) in [7, 11) is 0. The second kappa shape index (κ2) is 4.02. The van der Waals surface area contributed by atoms with Crippen LogP contribution >= 0.6 is 0 Å². The first-order valence-electron chi connectivity index (χ1n) is 6.83. The quantitative estimate of drug-likeness (QED) is 0.784. The maximum absolute atomic E-state index is 5.71. The fourth-order valence-corrected chi connectivity index (χ4v) is 3.12. The lowest BCUT2D eigenvalue weighted by atomic mass is 10.1. The van der Waals surface area contributed by atoms with Crippen LogP contribution in [0.4, 0.5) is 5.82 Å². The third kappa shape index (κ3) is 1.63. The van der Waals surface area contributed by atoms with Gasteiger partial charge in [-0.2, -0.15) is 0 Å². The van der Waals surface area contributed by atoms with Crippen LogP contribution in [0.1, 0.15) is 12.0 Å². The molecule has 0 spiro atoms. The number of anilines is 1. The van der Waals surface area contributed by atoms with Crippen molar-refractivity contribution in [3.05, 3.63) is 36.4 Å². The summed E-state index contributed by atoms with van der Waals surface area (Å²) >= 11 is 0. The molecule has 4 heterocycles. The van der Waals surface area contributed by atoms with E-state index in [1.807, 2.05) is 18.5 Å². The van der Waals surface area contributed by atoms with Crippen LogP contribution in [0.15, 0.2) is 35.2 Å². The van der Waals surface area contributed by atoms with Gasteiger partial charge in [-0.05, 0) is 31.2 Å². The largest absolute Gasteiger partial charge is 0.460 e. The van der Waals surface area contributed by atoms with Gasteiger partial charge in [-0.3, -0.25) is 0 Å². The lowest BCUT2D eigenvalue weighted by Crippen LogP contribution is -2.49. The molecule has 1 unspecified atom stereocenters. The van der Waals surface area contributed by atoms with Crippen LogP contribution in [0.2, 0.25) is 0 Å². The number of fused-ring (bicyclic) bond motifs is 2. The number of furan rings is 1. The highest BCUT2D eigenvalue weighted by Crippen LogP contribution is 2.30. The first-order valence-corrected chi connectivity index (χ1v) is 6.83. The van der Waals surface area contributed by atoms with Gasteiger partial charge in [-0.1, -0.05) is 6.08 Å². The number of pyridine rings is 1. The van der Waals surface area contributed by atoms with Crippen LogP contribution in [0.25, 0.3) is 11.0 Å². The van der Waals surface area contributed by atoms with E-state index in [9.17, 15) is 0 Å². The van der Waals surface area contributed by atoms with Gasteiger partial charge >= 0.3 is 0 Å². The molecule has 0 N–H and O–H groups in total. The molecule has 0 amide bonds. The van der Waals surface area contributed by atoms with E-state index >= 15 is 0 Å². The SMILES string of the molecule is Cc1coc2c(N3CCN4C=CCC4C3)nccc12. The summed E-state index contributed by atoms with van der Waals surface area (Å²) in [6.45, 7) is 5.18. The topological polar surface area (TPSA) is 32.5 Å². The maximum Gasteiger partial charge on any atom is 0.176 e. The molecule has 4 nitrogen and oxygen atoms in total. The number of hydrogen-bond donors (Lipinski definition) is 0. The van der Waals surface area contributed by atoms with Gasteiger partial charge in [0.05, 0.1) is 6.26 Å². The zero-order chi connectivity index (χ0) is 12.8. The van der Waals surface area contributed by atoms with Crippen LogP contribution in [0, 0.1) is 6.92 Å². The molecule has 0 aromatic carbocycles. The Kier molecular flexibility index (Phi) is 2.31. The summed E-state index contributed by atoms with van der Waals surface area (Å²) in [5.41, 5.74) is 2.11. The average molecular weight is 255 g/mol. The Morgan fingerprint density at radius 1 is 1.37 bits per heavy atom. The predicted molar refractivity (Wildman–Crippen MR) is 75.2 cm³/mol. The summed E-state index contributed by atoms with van der Waals surface area (Å²) in [5, 5.41) is 1.18. The fraction of sp³-hybridized carbons (Fsp3) is 0.400. The molecule has 0 bridgehead atoms. The van der Waals surface area contributed by atoms with Crippen molar-refractivity contribution in [3.8, 4) is 0 Å². The summed E-state index contributed by atoms with van der Waals surface area (Å²) in [5.74, 6) is 0.997. The van der Waals surface area contributed by atoms with Crippen LogP contribution in [0.5, 0.6) is 0 Å². The molecular formula is C15H17N3O. The van der Waals surface area contributed by atoms with E-state index < -0.39 is 0 Å². The number of aromatic nitrogens is 1. The third-order valence-electron chi connectivity index (χ3n) is 4.20. The Balaban J connectivity index is 1.71. The second-order valence-electron chi connectivity index (χ2n) is 5.39. The van der Waals surface area contributed by atoms with Crippen LogP contribution in [0.3, 0.4) is 0 Å². The lowest BCUT2D eigenvalue weighted by molar-refractivity contribution is 0.270. The Labute approximate surface area is 112 Å². The summed E-state index contributed by atoms with van der Waals surface area (Å²) in [6.07, 6.45) is 9.35. The van der Waals surface area contributed by atoms with Crippen LogP contribution < -0.4 is 4.90 Å². The average Bonchev–Trinajstić information content (AvgIpc) is 3.05. The Bertz CT molecular complexity index is 646. The maximum atomic E-state index is 5.71. The molecule has 0 radical (unpaired) electrons. The van der Waals surface area contributed by atoms with E-state index in [0.717, 1.165) is 37.5 Å². The van der Waals surface area contributed by atoms with Gasteiger partial charge in [0.2, 0.25) is 0 Å². The minimum Gasteiger partial charge on any atom is -0.460 e. The molecule has 2 aliphatic heterocycles. The van der Waals surface area contributed by atoms with E-state index in [2.05, 4.69) is 34.0 Å². The van der Waals surface area contributed by atoms with Crippen LogP contribution in [-0.2, 0) is 0 Å². The van der Waals surface area contributed by atoms with Gasteiger partial charge in [-0.25, -0.2) is 4.98 Å². The number of rotatable bonds is 1. The van der Waals surface area contributed by atoms with Crippen molar-refractivity contribution in [3.63, 3.8) is 0 Å². The third-order valence-corrected chi connectivity index (χ3v) is 4.20. The molecule has 0 aliphatic carbocycles. The van der Waals surface area contributed by atoms with E-state index in [-0.39, 0.29) is 0 Å². The van der Waals surface area contributed by atoms with Crippen molar-refractivity contribution >= 4 is 16.8 Å². The van der Waals surface area contributed by atoms with Gasteiger partial charge in [-0.15, -0.1) is 0 Å². The second-order valence-corrected chi connectivity index (χ2v) is 5.39. The van der Waals surface area contributed by atoms with Crippen molar-refractivity contribution in [1.29, 1.82) is 0 Å². The molecule has 98 valence electrons. The smallest absolute Gasteiger partial charge is 0.176 e. The molecule has 2 aromatic rings. The van der Waals surface area contributed by atoms with Gasteiger partial charge in [0.15, 0.2) is 11.4 Å². The van der Waals surface area contributed by atoms with Crippen molar-refractivity contribution in [2.45, 2.75) is 19.4 Å². The Hall–Kier alpha value is -1.97. The molecule has 4 rings (SSSR count).